The van der Waals surface area contributed by atoms with Crippen molar-refractivity contribution in [2.75, 3.05) is 82.2 Å². The van der Waals surface area contributed by atoms with Crippen LogP contribution in [0.1, 0.15) is 231 Å². The van der Waals surface area contributed by atoms with Gasteiger partial charge < -0.3 is 75.6 Å². The summed E-state index contributed by atoms with van der Waals surface area (Å²) in [6, 6.07) is -13.5. The van der Waals surface area contributed by atoms with Gasteiger partial charge in [0.2, 0.25) is 76.8 Å². The average Bonchev–Trinajstić information content (AvgIpc) is 0.817. The van der Waals surface area contributed by atoms with Crippen LogP contribution < -0.4 is 26.6 Å². The normalized spacial score (nSPS) is 26.6. The number of ether oxygens (including phenoxy) is 1. The SMILES string of the molecule is CC(C)C[C@@H]1NC(=O)[C@H](CC(C)C)N(C)C(=O)[C@H](CCC2CCCCC2)N(C)C(=O)[C@H](COCC(=O)NC(C)(C)C)NC(=O)[C@H](CC(C)C)N(C)C(=O)C[C@@H](C(=O)N2CCCCC2)NC(=O)[C@H](C)N(C)C(=O)CN(C)C(=O)[C@H]([C@@H](C)O)NC(=O)[C@H](CCC2CCCCC2)N(C)C(=O)[C@H](CC(C)C)N(C)C1=O. The van der Waals surface area contributed by atoms with Crippen LogP contribution in [0.4, 0.5) is 0 Å². The molecule has 2 heterocycles. The van der Waals surface area contributed by atoms with Crippen molar-refractivity contribution in [3.05, 3.63) is 0 Å². The second kappa shape index (κ2) is 43.3. The zero-order valence-corrected chi connectivity index (χ0v) is 68.1. The molecule has 2 saturated heterocycles. The topological polar surface area (TPSA) is 337 Å². The predicted molar refractivity (Wildman–Crippen MR) is 405 cm³/mol. The van der Waals surface area contributed by atoms with E-state index in [2.05, 4.69) is 26.6 Å². The zero-order chi connectivity index (χ0) is 79.8. The van der Waals surface area contributed by atoms with E-state index in [0.29, 0.717) is 38.8 Å². The third-order valence-electron chi connectivity index (χ3n) is 21.6. The molecular weight excluding hydrogens is 1360 g/mol. The van der Waals surface area contributed by atoms with E-state index in [9.17, 15) is 33.9 Å². The Balaban J connectivity index is 1.99. The molecule has 2 aliphatic heterocycles. The summed E-state index contributed by atoms with van der Waals surface area (Å²) in [4.78, 5) is 204. The van der Waals surface area contributed by atoms with Crippen molar-refractivity contribution in [3.8, 4) is 0 Å². The number of likely N-dealkylation sites (N-methyl/N-ethyl adjacent to an activating group) is 7. The Morgan fingerprint density at radius 1 is 0.472 bits per heavy atom. The van der Waals surface area contributed by atoms with E-state index in [4.69, 9.17) is 4.74 Å². The van der Waals surface area contributed by atoms with Crippen molar-refractivity contribution in [1.82, 2.24) is 65.8 Å². The molecule has 0 spiro atoms. The first-order chi connectivity index (χ1) is 49.6. The van der Waals surface area contributed by atoms with Crippen molar-refractivity contribution in [2.24, 2.45) is 35.5 Å². The number of amides is 13. The third kappa shape index (κ3) is 28.2. The summed E-state index contributed by atoms with van der Waals surface area (Å²) in [6.07, 6.45) is 11.5. The van der Waals surface area contributed by atoms with Crippen LogP contribution in [-0.2, 0) is 67.1 Å². The molecule has 604 valence electrons. The molecule has 2 aliphatic carbocycles. The lowest BCUT2D eigenvalue weighted by Gasteiger charge is -2.39. The monoisotopic (exact) mass is 1500 g/mol. The van der Waals surface area contributed by atoms with Crippen LogP contribution in [0.3, 0.4) is 0 Å². The van der Waals surface area contributed by atoms with Crippen molar-refractivity contribution in [2.45, 2.75) is 303 Å². The van der Waals surface area contributed by atoms with Crippen molar-refractivity contribution >= 4 is 76.8 Å². The van der Waals surface area contributed by atoms with Gasteiger partial charge in [-0.05, 0) is 141 Å². The highest BCUT2D eigenvalue weighted by Crippen LogP contribution is 2.32. The number of carbonyl (C=O) groups excluding carboxylic acids is 13. The Bertz CT molecular complexity index is 2940. The molecule has 11 atom stereocenters. The Morgan fingerprint density at radius 2 is 0.896 bits per heavy atom. The number of nitrogens with one attached hydrogen (secondary N) is 5. The minimum Gasteiger partial charge on any atom is -0.391 e. The van der Waals surface area contributed by atoms with E-state index in [1.54, 1.807) is 25.7 Å². The minimum absolute atomic E-state index is 0.0311. The van der Waals surface area contributed by atoms with E-state index in [0.717, 1.165) is 85.3 Å². The molecule has 0 aromatic carbocycles. The zero-order valence-electron chi connectivity index (χ0n) is 68.1. The van der Waals surface area contributed by atoms with Crippen LogP contribution in [0.2, 0.25) is 0 Å². The molecule has 28 nitrogen and oxygen atoms in total. The van der Waals surface area contributed by atoms with Gasteiger partial charge in [0.05, 0.1) is 25.7 Å². The average molecular weight is 1500 g/mol. The maximum atomic E-state index is 15.8. The van der Waals surface area contributed by atoms with Crippen LogP contribution in [-0.4, -0.2) is 275 Å². The molecule has 0 bridgehead atoms. The smallest absolute Gasteiger partial charge is 0.248 e. The highest BCUT2D eigenvalue weighted by Gasteiger charge is 2.44. The molecule has 13 amide bonds. The number of rotatable bonds is 20. The first-order valence-corrected chi connectivity index (χ1v) is 39.5. The number of aliphatic hydroxyl groups is 1. The molecule has 2 saturated carbocycles. The fourth-order valence-corrected chi connectivity index (χ4v) is 15.1. The fourth-order valence-electron chi connectivity index (χ4n) is 15.1. The van der Waals surface area contributed by atoms with Gasteiger partial charge in [-0.3, -0.25) is 62.3 Å². The number of piperidine rings is 1. The van der Waals surface area contributed by atoms with Crippen LogP contribution >= 0.6 is 0 Å². The lowest BCUT2D eigenvalue weighted by molar-refractivity contribution is -0.152. The molecule has 4 fully saturated rings. The lowest BCUT2D eigenvalue weighted by Crippen LogP contribution is -2.62. The summed E-state index contributed by atoms with van der Waals surface area (Å²) < 4.78 is 5.97. The molecular formula is C78H137N13O15. The number of aliphatic hydroxyl groups excluding tert-OH is 1. The summed E-state index contributed by atoms with van der Waals surface area (Å²) >= 11 is 0. The largest absolute Gasteiger partial charge is 0.391 e. The van der Waals surface area contributed by atoms with E-state index >= 15 is 33.6 Å². The Labute approximate surface area is 633 Å². The van der Waals surface area contributed by atoms with Crippen molar-refractivity contribution < 1.29 is 72.2 Å². The van der Waals surface area contributed by atoms with Gasteiger partial charge in [0.1, 0.15) is 67.0 Å². The van der Waals surface area contributed by atoms with Gasteiger partial charge in [0.15, 0.2) is 0 Å². The van der Waals surface area contributed by atoms with Gasteiger partial charge in [0, 0.05) is 68.0 Å². The first kappa shape index (κ1) is 91.4. The van der Waals surface area contributed by atoms with Gasteiger partial charge in [0.25, 0.3) is 0 Å². The van der Waals surface area contributed by atoms with Crippen molar-refractivity contribution in [1.29, 1.82) is 0 Å². The molecule has 0 radical (unpaired) electrons. The van der Waals surface area contributed by atoms with E-state index in [-0.39, 0.29) is 74.0 Å². The Kier molecular flexibility index (Phi) is 37.3. The molecule has 28 heteroatoms. The highest BCUT2D eigenvalue weighted by atomic mass is 16.5. The quantitative estimate of drug-likeness (QED) is 0.0934. The maximum Gasteiger partial charge on any atom is 0.248 e. The predicted octanol–water partition coefficient (Wildman–Crippen LogP) is 5.00. The van der Waals surface area contributed by atoms with Crippen LogP contribution in [0.25, 0.3) is 0 Å². The number of likely N-dealkylation sites (tertiary alicyclic amines) is 1. The van der Waals surface area contributed by atoms with Gasteiger partial charge >= 0.3 is 0 Å². The van der Waals surface area contributed by atoms with Crippen LogP contribution in [0.15, 0.2) is 0 Å². The second-order valence-electron chi connectivity index (χ2n) is 33.7. The van der Waals surface area contributed by atoms with E-state index in [1.165, 1.54) is 82.8 Å². The summed E-state index contributed by atoms with van der Waals surface area (Å²) in [5, 5.41) is 25.4. The fraction of sp³-hybridized carbons (Fsp3) is 0.833. The number of carbonyl (C=O) groups is 13. The van der Waals surface area contributed by atoms with Gasteiger partial charge in [-0.25, -0.2) is 0 Å². The summed E-state index contributed by atoms with van der Waals surface area (Å²) in [6.45, 7) is 22.0. The van der Waals surface area contributed by atoms with Crippen LogP contribution in [0.5, 0.6) is 0 Å². The first-order valence-electron chi connectivity index (χ1n) is 39.5. The molecule has 0 aromatic rings. The number of hydrogen-bond acceptors (Lipinski definition) is 15. The standard InChI is InChI=1S/C78H137N13O15/c1-48(2)40-56-72(100)90(20)63(43-51(7)8)76(104)87(17)59(36-34-54-30-24-21-25-31-54)69(97)82-67(53(10)92)77(105)84(14)45-66(95)85(15)52(9)68(96)79-57(74(102)91-38-28-23-29-39-91)44-65(94)86(16)61(41-49(3)4)70(98)81-58(46-106-47-64(93)83-78(11,12)13)73(101)88(18)60(37-35-55-32-26-22-27-33-55)75(103)89(19)62(42-50(5)6)71(99)80-56/h48-63,67,92H,21-47H2,1-20H3,(H,79,96)(H,80,99)(H,81,98)(H,82,97)(H,83,93)/t52-,53+,56-,57-,58-,59-,60-,61-,62-,63-,67-/m0/s1. The van der Waals surface area contributed by atoms with Gasteiger partial charge in [-0.1, -0.05) is 120 Å². The van der Waals surface area contributed by atoms with E-state index < -0.39 is 175 Å². The third-order valence-corrected chi connectivity index (χ3v) is 21.6. The van der Waals surface area contributed by atoms with Gasteiger partial charge in [-0.2, -0.15) is 0 Å². The maximum absolute atomic E-state index is 15.8. The lowest BCUT2D eigenvalue weighted by atomic mass is 9.85. The molecule has 0 aromatic heterocycles. The van der Waals surface area contributed by atoms with E-state index in [1.807, 2.05) is 55.4 Å². The minimum atomic E-state index is -1.64. The summed E-state index contributed by atoms with van der Waals surface area (Å²) in [7, 11) is 9.88. The van der Waals surface area contributed by atoms with Crippen LogP contribution in [0, 0.1) is 35.5 Å². The number of nitrogens with zero attached hydrogens (tertiary/aromatic N) is 8. The molecule has 4 rings (SSSR count). The Hall–Kier alpha value is -6.97. The summed E-state index contributed by atoms with van der Waals surface area (Å²) in [5.41, 5.74) is -0.661. The summed E-state index contributed by atoms with van der Waals surface area (Å²) in [5.74, 6) is -9.53. The second-order valence-corrected chi connectivity index (χ2v) is 33.7. The Morgan fingerprint density at radius 3 is 1.40 bits per heavy atom. The molecule has 0 unspecified atom stereocenters. The molecule has 4 aliphatic rings. The highest BCUT2D eigenvalue weighted by molar-refractivity contribution is 6.00. The van der Waals surface area contributed by atoms with Gasteiger partial charge in [-0.15, -0.1) is 0 Å². The number of hydrogen-bond donors (Lipinski definition) is 6. The molecule has 106 heavy (non-hydrogen) atoms. The molecule has 6 N–H and O–H groups in total. The van der Waals surface area contributed by atoms with Crippen molar-refractivity contribution in [3.63, 3.8) is 0 Å².